The van der Waals surface area contributed by atoms with Crippen LogP contribution in [-0.4, -0.2) is 19.2 Å². The second-order valence-electron chi connectivity index (χ2n) is 4.59. The fourth-order valence-electron chi connectivity index (χ4n) is 2.22. The van der Waals surface area contributed by atoms with Crippen LogP contribution in [0.2, 0.25) is 0 Å². The van der Waals surface area contributed by atoms with Crippen LogP contribution in [0.5, 0.6) is 5.75 Å². The van der Waals surface area contributed by atoms with Gasteiger partial charge in [0.25, 0.3) is 0 Å². The van der Waals surface area contributed by atoms with Gasteiger partial charge in [0.2, 0.25) is 0 Å². The van der Waals surface area contributed by atoms with Gasteiger partial charge in [-0.2, -0.15) is 0 Å². The molecule has 1 heterocycles. The van der Waals surface area contributed by atoms with E-state index in [1.165, 1.54) is 12.1 Å². The van der Waals surface area contributed by atoms with Crippen molar-refractivity contribution < 1.29 is 9.13 Å². The van der Waals surface area contributed by atoms with Crippen molar-refractivity contribution >= 4 is 5.69 Å². The Balaban J connectivity index is 2.01. The van der Waals surface area contributed by atoms with Crippen LogP contribution in [0.1, 0.15) is 19.8 Å². The molecular weight excluding hydrogens is 219 g/mol. The predicted molar refractivity (Wildman–Crippen MR) is 66.5 cm³/mol. The summed E-state index contributed by atoms with van der Waals surface area (Å²) in [5.41, 5.74) is 6.26. The number of hydrogen-bond acceptors (Lipinski definition) is 3. The van der Waals surface area contributed by atoms with Gasteiger partial charge in [-0.25, -0.2) is 4.39 Å². The Hall–Kier alpha value is -1.29. The maximum absolute atomic E-state index is 13.1. The van der Waals surface area contributed by atoms with Crippen molar-refractivity contribution in [3.05, 3.63) is 24.0 Å². The van der Waals surface area contributed by atoms with Gasteiger partial charge in [0, 0.05) is 6.07 Å². The molecule has 2 rings (SSSR count). The summed E-state index contributed by atoms with van der Waals surface area (Å²) in [6, 6.07) is 4.24. The minimum atomic E-state index is -0.313. The van der Waals surface area contributed by atoms with Crippen molar-refractivity contribution in [2.45, 2.75) is 25.9 Å². The summed E-state index contributed by atoms with van der Waals surface area (Å²) >= 11 is 0. The first kappa shape index (κ1) is 12.2. The van der Waals surface area contributed by atoms with Crippen molar-refractivity contribution in [2.24, 2.45) is 5.92 Å². The Morgan fingerprint density at radius 2 is 2.12 bits per heavy atom. The molecule has 0 amide bonds. The summed E-state index contributed by atoms with van der Waals surface area (Å²) in [7, 11) is 0. The Bertz CT molecular complexity index is 378. The number of benzene rings is 1. The molecule has 94 valence electrons. The summed E-state index contributed by atoms with van der Waals surface area (Å²) in [6.07, 6.45) is 2.26. The number of rotatable bonds is 3. The largest absolute Gasteiger partial charge is 0.488 e. The van der Waals surface area contributed by atoms with E-state index in [2.05, 4.69) is 5.32 Å². The van der Waals surface area contributed by atoms with Crippen LogP contribution in [0, 0.1) is 11.7 Å². The first-order chi connectivity index (χ1) is 8.16. The summed E-state index contributed by atoms with van der Waals surface area (Å²) in [5.74, 6) is 0.654. The molecular formula is C13H19FN2O. The molecule has 1 aliphatic rings. The minimum absolute atomic E-state index is 0.0706. The van der Waals surface area contributed by atoms with E-state index in [4.69, 9.17) is 10.5 Å². The number of nitrogens with one attached hydrogen (secondary N) is 1. The molecule has 0 bridgehead atoms. The highest BCUT2D eigenvalue weighted by Crippen LogP contribution is 2.27. The van der Waals surface area contributed by atoms with E-state index in [0.717, 1.165) is 25.9 Å². The van der Waals surface area contributed by atoms with E-state index in [9.17, 15) is 4.39 Å². The van der Waals surface area contributed by atoms with Crippen LogP contribution in [0.4, 0.5) is 10.1 Å². The molecule has 17 heavy (non-hydrogen) atoms. The molecule has 0 aliphatic carbocycles. The van der Waals surface area contributed by atoms with Crippen molar-refractivity contribution in [3.63, 3.8) is 0 Å². The number of halogens is 1. The Morgan fingerprint density at radius 3 is 2.82 bits per heavy atom. The standard InChI is InChI=1S/C13H19FN2O/c1-9(10-4-6-16-7-5-10)17-13-8-11(14)2-3-12(13)15/h2-3,8-10,16H,4-7,15H2,1H3. The first-order valence-corrected chi connectivity index (χ1v) is 6.09. The molecule has 1 saturated heterocycles. The third-order valence-corrected chi connectivity index (χ3v) is 3.34. The molecule has 0 aromatic heterocycles. The summed E-state index contributed by atoms with van der Waals surface area (Å²) in [4.78, 5) is 0. The lowest BCUT2D eigenvalue weighted by molar-refractivity contribution is 0.128. The van der Waals surface area contributed by atoms with Gasteiger partial charge in [0.05, 0.1) is 11.8 Å². The molecule has 4 heteroatoms. The van der Waals surface area contributed by atoms with E-state index < -0.39 is 0 Å². The predicted octanol–water partition coefficient (Wildman–Crippen LogP) is 2.17. The van der Waals surface area contributed by atoms with Crippen molar-refractivity contribution in [3.8, 4) is 5.75 Å². The molecule has 3 N–H and O–H groups in total. The van der Waals surface area contributed by atoms with Crippen LogP contribution in [0.15, 0.2) is 18.2 Å². The van der Waals surface area contributed by atoms with Crippen molar-refractivity contribution in [1.29, 1.82) is 0 Å². The second-order valence-corrected chi connectivity index (χ2v) is 4.59. The van der Waals surface area contributed by atoms with Gasteiger partial charge in [-0.05, 0) is 50.9 Å². The zero-order valence-electron chi connectivity index (χ0n) is 10.1. The Kier molecular flexibility index (Phi) is 3.84. The third kappa shape index (κ3) is 3.09. The zero-order chi connectivity index (χ0) is 12.3. The lowest BCUT2D eigenvalue weighted by Crippen LogP contribution is -2.35. The van der Waals surface area contributed by atoms with Crippen LogP contribution in [-0.2, 0) is 0 Å². The van der Waals surface area contributed by atoms with Crippen LogP contribution in [0.3, 0.4) is 0 Å². The molecule has 3 nitrogen and oxygen atoms in total. The van der Waals surface area contributed by atoms with Gasteiger partial charge in [-0.15, -0.1) is 0 Å². The zero-order valence-corrected chi connectivity index (χ0v) is 10.1. The third-order valence-electron chi connectivity index (χ3n) is 3.34. The molecule has 1 aromatic rings. The van der Waals surface area contributed by atoms with Gasteiger partial charge in [0.1, 0.15) is 11.6 Å². The SMILES string of the molecule is CC(Oc1cc(F)ccc1N)C1CCNCC1. The molecule has 1 atom stereocenters. The molecule has 1 unspecified atom stereocenters. The van der Waals surface area contributed by atoms with Gasteiger partial charge in [0.15, 0.2) is 0 Å². The number of hydrogen-bond donors (Lipinski definition) is 2. The van der Waals surface area contributed by atoms with Crippen molar-refractivity contribution in [1.82, 2.24) is 5.32 Å². The maximum atomic E-state index is 13.1. The van der Waals surface area contributed by atoms with E-state index in [-0.39, 0.29) is 11.9 Å². The highest BCUT2D eigenvalue weighted by molar-refractivity contribution is 5.52. The highest BCUT2D eigenvalue weighted by Gasteiger charge is 2.21. The molecule has 1 fully saturated rings. The topological polar surface area (TPSA) is 47.3 Å². The summed E-state index contributed by atoms with van der Waals surface area (Å²) in [5, 5.41) is 3.31. The van der Waals surface area contributed by atoms with E-state index in [1.54, 1.807) is 6.07 Å². The smallest absolute Gasteiger partial charge is 0.145 e. The van der Waals surface area contributed by atoms with Gasteiger partial charge in [-0.1, -0.05) is 0 Å². The van der Waals surface area contributed by atoms with Crippen LogP contribution in [0.25, 0.3) is 0 Å². The Morgan fingerprint density at radius 1 is 1.41 bits per heavy atom. The fraction of sp³-hybridized carbons (Fsp3) is 0.538. The molecule has 0 saturated carbocycles. The van der Waals surface area contributed by atoms with Gasteiger partial charge in [-0.3, -0.25) is 0 Å². The summed E-state index contributed by atoms with van der Waals surface area (Å²) < 4.78 is 18.9. The normalized spacial score (nSPS) is 18.9. The molecule has 0 radical (unpaired) electrons. The van der Waals surface area contributed by atoms with E-state index >= 15 is 0 Å². The van der Waals surface area contributed by atoms with E-state index in [0.29, 0.717) is 17.4 Å². The number of ether oxygens (including phenoxy) is 1. The van der Waals surface area contributed by atoms with E-state index in [1.807, 2.05) is 6.92 Å². The average Bonchev–Trinajstić information content (AvgIpc) is 2.35. The van der Waals surface area contributed by atoms with Crippen LogP contribution < -0.4 is 15.8 Å². The quantitative estimate of drug-likeness (QED) is 0.793. The number of nitrogen functional groups attached to an aromatic ring is 1. The molecule has 0 spiro atoms. The van der Waals surface area contributed by atoms with Crippen molar-refractivity contribution in [2.75, 3.05) is 18.8 Å². The second kappa shape index (κ2) is 5.36. The first-order valence-electron chi connectivity index (χ1n) is 6.09. The minimum Gasteiger partial charge on any atom is -0.488 e. The number of piperidine rings is 1. The lowest BCUT2D eigenvalue weighted by Gasteiger charge is -2.29. The lowest BCUT2D eigenvalue weighted by atomic mass is 9.93. The monoisotopic (exact) mass is 238 g/mol. The maximum Gasteiger partial charge on any atom is 0.145 e. The highest BCUT2D eigenvalue weighted by atomic mass is 19.1. The molecule has 1 aliphatic heterocycles. The van der Waals surface area contributed by atoms with Crippen LogP contribution >= 0.6 is 0 Å². The Labute approximate surface area is 101 Å². The average molecular weight is 238 g/mol. The fourth-order valence-corrected chi connectivity index (χ4v) is 2.22. The number of anilines is 1. The van der Waals surface area contributed by atoms with Gasteiger partial charge >= 0.3 is 0 Å². The number of nitrogens with two attached hydrogens (primary N) is 1. The van der Waals surface area contributed by atoms with Gasteiger partial charge < -0.3 is 15.8 Å². The molecule has 1 aromatic carbocycles. The summed E-state index contributed by atoms with van der Waals surface area (Å²) in [6.45, 7) is 4.08.